The zero-order valence-corrected chi connectivity index (χ0v) is 9.01. The summed E-state index contributed by atoms with van der Waals surface area (Å²) in [7, 11) is 1.90. The molecule has 0 amide bonds. The molecule has 0 fully saturated rings. The van der Waals surface area contributed by atoms with Crippen LogP contribution in [-0.4, -0.2) is 34.5 Å². The van der Waals surface area contributed by atoms with Crippen LogP contribution in [0.4, 0.5) is 0 Å². The maximum atomic E-state index is 8.43. The number of amidine groups is 1. The van der Waals surface area contributed by atoms with E-state index in [4.69, 9.17) is 10.9 Å². The Morgan fingerprint density at radius 1 is 1.67 bits per heavy atom. The summed E-state index contributed by atoms with van der Waals surface area (Å²) in [6.07, 6.45) is 1.76. The SMILES string of the molecule is Cc1cccnc1CN(C)C/C(N)=N/O. The number of hydrogen-bond acceptors (Lipinski definition) is 4. The zero-order chi connectivity index (χ0) is 11.3. The Bertz CT molecular complexity index is 351. The lowest BCUT2D eigenvalue weighted by Crippen LogP contribution is -2.31. The Labute approximate surface area is 89.2 Å². The number of aryl methyl sites for hydroxylation is 1. The molecule has 82 valence electrons. The van der Waals surface area contributed by atoms with Gasteiger partial charge in [-0.25, -0.2) is 0 Å². The maximum Gasteiger partial charge on any atom is 0.153 e. The molecule has 0 aliphatic rings. The van der Waals surface area contributed by atoms with Gasteiger partial charge in [0.15, 0.2) is 5.84 Å². The molecule has 15 heavy (non-hydrogen) atoms. The molecule has 0 radical (unpaired) electrons. The van der Waals surface area contributed by atoms with Gasteiger partial charge in [-0.1, -0.05) is 11.2 Å². The average Bonchev–Trinajstić information content (AvgIpc) is 2.21. The second-order valence-corrected chi connectivity index (χ2v) is 3.53. The van der Waals surface area contributed by atoms with Crippen LogP contribution < -0.4 is 5.73 Å². The minimum Gasteiger partial charge on any atom is -0.409 e. The molecular formula is C10H16N4O. The van der Waals surface area contributed by atoms with Gasteiger partial charge in [-0.2, -0.15) is 0 Å². The van der Waals surface area contributed by atoms with Crippen molar-refractivity contribution < 1.29 is 5.21 Å². The molecule has 0 atom stereocenters. The first-order valence-electron chi connectivity index (χ1n) is 4.69. The Morgan fingerprint density at radius 2 is 2.40 bits per heavy atom. The molecular weight excluding hydrogens is 192 g/mol. The molecule has 1 aromatic heterocycles. The third kappa shape index (κ3) is 3.55. The van der Waals surface area contributed by atoms with E-state index in [0.717, 1.165) is 11.3 Å². The highest BCUT2D eigenvalue weighted by Gasteiger charge is 2.05. The van der Waals surface area contributed by atoms with E-state index in [1.54, 1.807) is 6.20 Å². The summed E-state index contributed by atoms with van der Waals surface area (Å²) in [6, 6.07) is 3.92. The van der Waals surface area contributed by atoms with Crippen molar-refractivity contribution in [2.75, 3.05) is 13.6 Å². The van der Waals surface area contributed by atoms with Crippen molar-refractivity contribution in [1.29, 1.82) is 0 Å². The maximum absolute atomic E-state index is 8.43. The molecule has 1 aromatic rings. The molecule has 0 spiro atoms. The van der Waals surface area contributed by atoms with E-state index in [1.807, 2.05) is 31.0 Å². The van der Waals surface area contributed by atoms with Crippen molar-refractivity contribution >= 4 is 5.84 Å². The van der Waals surface area contributed by atoms with E-state index in [2.05, 4.69) is 10.1 Å². The van der Waals surface area contributed by atoms with Gasteiger partial charge in [-0.3, -0.25) is 9.88 Å². The van der Waals surface area contributed by atoms with Crippen LogP contribution >= 0.6 is 0 Å². The second kappa shape index (κ2) is 5.31. The first-order valence-corrected chi connectivity index (χ1v) is 4.69. The number of rotatable bonds is 4. The number of oxime groups is 1. The number of likely N-dealkylation sites (N-methyl/N-ethyl adjacent to an activating group) is 1. The number of nitrogens with two attached hydrogens (primary N) is 1. The molecule has 0 unspecified atom stereocenters. The molecule has 1 heterocycles. The van der Waals surface area contributed by atoms with Crippen molar-refractivity contribution in [2.24, 2.45) is 10.9 Å². The summed E-state index contributed by atoms with van der Waals surface area (Å²) in [6.45, 7) is 3.12. The van der Waals surface area contributed by atoms with Crippen molar-refractivity contribution in [3.8, 4) is 0 Å². The van der Waals surface area contributed by atoms with Gasteiger partial charge < -0.3 is 10.9 Å². The predicted octanol–water partition coefficient (Wildman–Crippen LogP) is 0.568. The van der Waals surface area contributed by atoms with E-state index >= 15 is 0 Å². The van der Waals surface area contributed by atoms with Gasteiger partial charge >= 0.3 is 0 Å². The van der Waals surface area contributed by atoms with Gasteiger partial charge in [0.1, 0.15) is 0 Å². The van der Waals surface area contributed by atoms with Crippen LogP contribution in [0.3, 0.4) is 0 Å². The van der Waals surface area contributed by atoms with Gasteiger partial charge in [0, 0.05) is 12.7 Å². The van der Waals surface area contributed by atoms with Crippen LogP contribution in [-0.2, 0) is 6.54 Å². The summed E-state index contributed by atoms with van der Waals surface area (Å²) >= 11 is 0. The monoisotopic (exact) mass is 208 g/mol. The van der Waals surface area contributed by atoms with Crippen LogP contribution in [0, 0.1) is 6.92 Å². The van der Waals surface area contributed by atoms with Gasteiger partial charge in [0.2, 0.25) is 0 Å². The van der Waals surface area contributed by atoms with Crippen LogP contribution in [0.2, 0.25) is 0 Å². The Kier molecular flexibility index (Phi) is 4.05. The highest BCUT2D eigenvalue weighted by atomic mass is 16.4. The van der Waals surface area contributed by atoms with Gasteiger partial charge in [0.05, 0.1) is 12.2 Å². The molecule has 0 aliphatic carbocycles. The Morgan fingerprint density at radius 3 is 3.00 bits per heavy atom. The molecule has 5 nitrogen and oxygen atoms in total. The lowest BCUT2D eigenvalue weighted by Gasteiger charge is -2.15. The fourth-order valence-corrected chi connectivity index (χ4v) is 1.30. The first kappa shape index (κ1) is 11.5. The minimum absolute atomic E-state index is 0.200. The molecule has 5 heteroatoms. The number of nitrogens with zero attached hydrogens (tertiary/aromatic N) is 3. The molecule has 0 aromatic carbocycles. The van der Waals surface area contributed by atoms with E-state index in [0.29, 0.717) is 13.1 Å². The van der Waals surface area contributed by atoms with Crippen LogP contribution in [0.1, 0.15) is 11.3 Å². The molecule has 3 N–H and O–H groups in total. The highest BCUT2D eigenvalue weighted by Crippen LogP contribution is 2.05. The molecule has 0 saturated carbocycles. The topological polar surface area (TPSA) is 74.7 Å². The second-order valence-electron chi connectivity index (χ2n) is 3.53. The number of pyridine rings is 1. The first-order chi connectivity index (χ1) is 7.13. The van der Waals surface area contributed by atoms with Crippen LogP contribution in [0.5, 0.6) is 0 Å². The third-order valence-corrected chi connectivity index (χ3v) is 2.10. The van der Waals surface area contributed by atoms with Gasteiger partial charge in [0.25, 0.3) is 0 Å². The largest absolute Gasteiger partial charge is 0.409 e. The lowest BCUT2D eigenvalue weighted by atomic mass is 10.2. The Balaban J connectivity index is 2.59. The van der Waals surface area contributed by atoms with Gasteiger partial charge in [-0.05, 0) is 25.6 Å². The quantitative estimate of drug-likeness (QED) is 0.328. The van der Waals surface area contributed by atoms with E-state index in [1.165, 1.54) is 0 Å². The molecule has 0 aliphatic heterocycles. The summed E-state index contributed by atoms with van der Waals surface area (Å²) in [5, 5.41) is 11.3. The van der Waals surface area contributed by atoms with E-state index in [9.17, 15) is 0 Å². The molecule has 0 saturated heterocycles. The fourth-order valence-electron chi connectivity index (χ4n) is 1.30. The fraction of sp³-hybridized carbons (Fsp3) is 0.400. The standard InChI is InChI=1S/C10H16N4O/c1-8-4-3-5-12-9(8)6-14(2)7-10(11)13-15/h3-5,15H,6-7H2,1-2H3,(H2,11,13). The zero-order valence-electron chi connectivity index (χ0n) is 9.01. The van der Waals surface area contributed by atoms with Crippen LogP contribution in [0.15, 0.2) is 23.5 Å². The van der Waals surface area contributed by atoms with E-state index in [-0.39, 0.29) is 5.84 Å². The Hall–Kier alpha value is -1.62. The van der Waals surface area contributed by atoms with Gasteiger partial charge in [-0.15, -0.1) is 0 Å². The van der Waals surface area contributed by atoms with Crippen molar-refractivity contribution in [3.05, 3.63) is 29.6 Å². The van der Waals surface area contributed by atoms with Crippen LogP contribution in [0.25, 0.3) is 0 Å². The van der Waals surface area contributed by atoms with Crippen molar-refractivity contribution in [1.82, 2.24) is 9.88 Å². The van der Waals surface area contributed by atoms with E-state index < -0.39 is 0 Å². The minimum atomic E-state index is 0.200. The summed E-state index contributed by atoms with van der Waals surface area (Å²) in [5.41, 5.74) is 7.55. The molecule has 0 bridgehead atoms. The summed E-state index contributed by atoms with van der Waals surface area (Å²) in [4.78, 5) is 6.20. The summed E-state index contributed by atoms with van der Waals surface area (Å²) in [5.74, 6) is 0.200. The summed E-state index contributed by atoms with van der Waals surface area (Å²) < 4.78 is 0. The van der Waals surface area contributed by atoms with Crippen molar-refractivity contribution in [2.45, 2.75) is 13.5 Å². The van der Waals surface area contributed by atoms with Crippen molar-refractivity contribution in [3.63, 3.8) is 0 Å². The smallest absolute Gasteiger partial charge is 0.153 e. The predicted molar refractivity (Wildman–Crippen MR) is 58.7 cm³/mol. The lowest BCUT2D eigenvalue weighted by molar-refractivity contribution is 0.307. The highest BCUT2D eigenvalue weighted by molar-refractivity contribution is 5.81. The number of hydrogen-bond donors (Lipinski definition) is 2. The normalized spacial score (nSPS) is 12.1. The molecule has 1 rings (SSSR count). The third-order valence-electron chi connectivity index (χ3n) is 2.10. The average molecular weight is 208 g/mol. The number of aromatic nitrogens is 1.